The lowest BCUT2D eigenvalue weighted by Gasteiger charge is -2.39. The Morgan fingerprint density at radius 2 is 2.24 bits per heavy atom. The van der Waals surface area contributed by atoms with Gasteiger partial charge in [0.05, 0.1) is 5.69 Å². The number of thioether (sulfide) groups is 1. The number of likely N-dealkylation sites (tertiary alicyclic amines) is 1. The summed E-state index contributed by atoms with van der Waals surface area (Å²) in [7, 11) is 0. The summed E-state index contributed by atoms with van der Waals surface area (Å²) in [5.41, 5.74) is 3.25. The maximum atomic E-state index is 2.77. The Morgan fingerprint density at radius 3 is 3.14 bits per heavy atom. The molecule has 2 nitrogen and oxygen atoms in total. The second-order valence-corrected chi connectivity index (χ2v) is 7.84. The summed E-state index contributed by atoms with van der Waals surface area (Å²) in [6.07, 6.45) is 5.35. The van der Waals surface area contributed by atoms with Crippen molar-refractivity contribution in [3.8, 4) is 0 Å². The Kier molecular flexibility index (Phi) is 3.89. The number of anilines is 1. The quantitative estimate of drug-likeness (QED) is 0.834. The molecule has 3 aliphatic heterocycles. The fraction of sp³-hybridized carbons (Fsp3) is 0.667. The lowest BCUT2D eigenvalue weighted by molar-refractivity contribution is 0.191. The van der Waals surface area contributed by atoms with Crippen LogP contribution in [0.4, 0.5) is 5.69 Å². The van der Waals surface area contributed by atoms with Gasteiger partial charge < -0.3 is 9.80 Å². The van der Waals surface area contributed by atoms with E-state index < -0.39 is 0 Å². The highest BCUT2D eigenvalue weighted by atomic mass is 32.2. The predicted molar refractivity (Wildman–Crippen MR) is 91.6 cm³/mol. The molecule has 2 atom stereocenters. The molecule has 0 aliphatic carbocycles. The highest BCUT2D eigenvalue weighted by Crippen LogP contribution is 2.50. The van der Waals surface area contributed by atoms with E-state index in [0.29, 0.717) is 0 Å². The number of rotatable bonds is 3. The van der Waals surface area contributed by atoms with Gasteiger partial charge in [0.2, 0.25) is 0 Å². The number of piperidine rings is 1. The van der Waals surface area contributed by atoms with Crippen LogP contribution in [0.2, 0.25) is 0 Å². The van der Waals surface area contributed by atoms with Gasteiger partial charge in [-0.2, -0.15) is 0 Å². The standard InChI is InChI=1S/C18H26N2S/c1-2-3-9-19-11-8-16-15(13-19)14-6-4-7-17-18(14)20(16)10-5-12-21-17/h4,6-7,15-16H,2-3,5,8-13H2,1H3/t15-,16-/m1/s1. The van der Waals surface area contributed by atoms with Gasteiger partial charge in [0, 0.05) is 36.5 Å². The normalized spacial score (nSPS) is 28.1. The smallest absolute Gasteiger partial charge is 0.0543 e. The van der Waals surface area contributed by atoms with E-state index in [0.717, 1.165) is 12.0 Å². The Labute approximate surface area is 132 Å². The summed E-state index contributed by atoms with van der Waals surface area (Å²) in [5.74, 6) is 2.04. The molecule has 21 heavy (non-hydrogen) atoms. The lowest BCUT2D eigenvalue weighted by Crippen LogP contribution is -2.46. The van der Waals surface area contributed by atoms with Gasteiger partial charge in [0.1, 0.15) is 0 Å². The largest absolute Gasteiger partial charge is 0.367 e. The van der Waals surface area contributed by atoms with Crippen LogP contribution in [-0.4, -0.2) is 42.9 Å². The molecule has 3 aliphatic rings. The molecule has 4 rings (SSSR count). The SMILES string of the molecule is CCCCN1CC[C@@H]2[C@H](C1)c1cccc3c1N2CCCS3. The Morgan fingerprint density at radius 1 is 1.29 bits per heavy atom. The number of hydrogen-bond acceptors (Lipinski definition) is 3. The highest BCUT2D eigenvalue weighted by molar-refractivity contribution is 7.99. The first-order chi connectivity index (χ1) is 10.4. The first-order valence-electron chi connectivity index (χ1n) is 8.63. The molecule has 0 radical (unpaired) electrons. The van der Waals surface area contributed by atoms with E-state index in [-0.39, 0.29) is 0 Å². The first kappa shape index (κ1) is 14.0. The Hall–Kier alpha value is -0.670. The van der Waals surface area contributed by atoms with Crippen molar-refractivity contribution in [3.05, 3.63) is 23.8 Å². The van der Waals surface area contributed by atoms with Crippen molar-refractivity contribution in [2.45, 2.75) is 49.5 Å². The summed E-state index contributed by atoms with van der Waals surface area (Å²) < 4.78 is 0. The average molecular weight is 302 g/mol. The van der Waals surface area contributed by atoms with Gasteiger partial charge in [0.15, 0.2) is 0 Å². The van der Waals surface area contributed by atoms with E-state index in [9.17, 15) is 0 Å². The molecule has 0 N–H and O–H groups in total. The summed E-state index contributed by atoms with van der Waals surface area (Å²) in [6.45, 7) is 7.45. The second kappa shape index (κ2) is 5.85. The van der Waals surface area contributed by atoms with Crippen molar-refractivity contribution in [2.24, 2.45) is 0 Å². The van der Waals surface area contributed by atoms with Crippen molar-refractivity contribution in [3.63, 3.8) is 0 Å². The molecule has 3 heteroatoms. The van der Waals surface area contributed by atoms with Crippen molar-refractivity contribution in [1.82, 2.24) is 4.90 Å². The van der Waals surface area contributed by atoms with Crippen molar-refractivity contribution in [2.75, 3.05) is 36.8 Å². The van der Waals surface area contributed by atoms with E-state index in [1.165, 1.54) is 57.6 Å². The molecule has 0 unspecified atom stereocenters. The summed E-state index contributed by atoms with van der Waals surface area (Å²) in [4.78, 5) is 7.02. The van der Waals surface area contributed by atoms with Crippen LogP contribution in [0.3, 0.4) is 0 Å². The number of hydrogen-bond donors (Lipinski definition) is 0. The zero-order valence-electron chi connectivity index (χ0n) is 13.1. The van der Waals surface area contributed by atoms with Crippen LogP contribution >= 0.6 is 11.8 Å². The average Bonchev–Trinajstić information content (AvgIpc) is 2.68. The molecule has 114 valence electrons. The van der Waals surface area contributed by atoms with Gasteiger partial charge in [-0.1, -0.05) is 25.5 Å². The van der Waals surface area contributed by atoms with Crippen LogP contribution in [-0.2, 0) is 0 Å². The zero-order chi connectivity index (χ0) is 14.2. The monoisotopic (exact) mass is 302 g/mol. The van der Waals surface area contributed by atoms with E-state index in [2.05, 4.69) is 46.7 Å². The van der Waals surface area contributed by atoms with E-state index in [1.54, 1.807) is 16.1 Å². The molecule has 0 amide bonds. The van der Waals surface area contributed by atoms with Crippen LogP contribution in [0, 0.1) is 0 Å². The highest BCUT2D eigenvalue weighted by Gasteiger charge is 2.42. The number of benzene rings is 1. The summed E-state index contributed by atoms with van der Waals surface area (Å²) >= 11 is 2.07. The van der Waals surface area contributed by atoms with Crippen LogP contribution in [0.1, 0.15) is 44.1 Å². The minimum absolute atomic E-state index is 0.754. The fourth-order valence-electron chi connectivity index (χ4n) is 4.39. The third kappa shape index (κ3) is 2.39. The van der Waals surface area contributed by atoms with E-state index >= 15 is 0 Å². The van der Waals surface area contributed by atoms with Gasteiger partial charge in [-0.3, -0.25) is 0 Å². The van der Waals surface area contributed by atoms with Crippen LogP contribution in [0.15, 0.2) is 23.1 Å². The molecule has 1 aromatic carbocycles. The number of nitrogens with zero attached hydrogens (tertiary/aromatic N) is 2. The van der Waals surface area contributed by atoms with Gasteiger partial charge in [-0.05, 0) is 43.2 Å². The molecule has 1 saturated heterocycles. The summed E-state index contributed by atoms with van der Waals surface area (Å²) in [5, 5.41) is 0. The third-order valence-corrected chi connectivity index (χ3v) is 6.54. The predicted octanol–water partition coefficient (Wildman–Crippen LogP) is 3.96. The van der Waals surface area contributed by atoms with Crippen LogP contribution < -0.4 is 4.90 Å². The van der Waals surface area contributed by atoms with Gasteiger partial charge >= 0.3 is 0 Å². The Balaban J connectivity index is 1.64. The zero-order valence-corrected chi connectivity index (χ0v) is 13.9. The molecular weight excluding hydrogens is 276 g/mol. The summed E-state index contributed by atoms with van der Waals surface area (Å²) in [6, 6.07) is 7.82. The van der Waals surface area contributed by atoms with E-state index in [1.807, 2.05) is 0 Å². The van der Waals surface area contributed by atoms with Crippen molar-refractivity contribution >= 4 is 17.4 Å². The van der Waals surface area contributed by atoms with E-state index in [4.69, 9.17) is 0 Å². The topological polar surface area (TPSA) is 6.48 Å². The Bertz CT molecular complexity index is 516. The maximum Gasteiger partial charge on any atom is 0.0543 e. The lowest BCUT2D eigenvalue weighted by atomic mass is 9.89. The number of unbranched alkanes of at least 4 members (excludes halogenated alkanes) is 1. The van der Waals surface area contributed by atoms with Crippen molar-refractivity contribution < 1.29 is 0 Å². The minimum atomic E-state index is 0.754. The molecule has 0 aromatic heterocycles. The van der Waals surface area contributed by atoms with Crippen LogP contribution in [0.5, 0.6) is 0 Å². The van der Waals surface area contributed by atoms with Gasteiger partial charge in [-0.15, -0.1) is 11.8 Å². The van der Waals surface area contributed by atoms with Crippen molar-refractivity contribution in [1.29, 1.82) is 0 Å². The third-order valence-electron chi connectivity index (χ3n) is 5.41. The molecule has 1 fully saturated rings. The molecule has 0 saturated carbocycles. The molecule has 0 spiro atoms. The van der Waals surface area contributed by atoms with Crippen LogP contribution in [0.25, 0.3) is 0 Å². The molecule has 1 aromatic rings. The second-order valence-electron chi connectivity index (χ2n) is 6.71. The fourth-order valence-corrected chi connectivity index (χ4v) is 5.43. The molecular formula is C18H26N2S. The number of fused-ring (bicyclic) bond motifs is 3. The van der Waals surface area contributed by atoms with Gasteiger partial charge in [-0.25, -0.2) is 0 Å². The number of para-hydroxylation sites is 1. The molecule has 3 heterocycles. The molecule has 0 bridgehead atoms. The van der Waals surface area contributed by atoms with Gasteiger partial charge in [0.25, 0.3) is 0 Å². The minimum Gasteiger partial charge on any atom is -0.367 e. The first-order valence-corrected chi connectivity index (χ1v) is 9.61. The maximum absolute atomic E-state index is 2.77.